The van der Waals surface area contributed by atoms with Crippen molar-refractivity contribution in [1.82, 2.24) is 25.3 Å². The molecule has 2 aromatic carbocycles. The Bertz CT molecular complexity index is 1060. The van der Waals surface area contributed by atoms with Gasteiger partial charge in [0, 0.05) is 46.7 Å². The Hall–Kier alpha value is -2.73. The van der Waals surface area contributed by atoms with Crippen molar-refractivity contribution in [2.24, 2.45) is 0 Å². The number of nitrogens with zero attached hydrogens (tertiary/aromatic N) is 4. The lowest BCUT2D eigenvalue weighted by molar-refractivity contribution is 0.576. The first kappa shape index (κ1) is 19.6. The molecule has 2 aromatic heterocycles. The van der Waals surface area contributed by atoms with Crippen molar-refractivity contribution in [2.45, 2.75) is 19.6 Å². The molecule has 0 radical (unpaired) electrons. The zero-order valence-electron chi connectivity index (χ0n) is 15.6. The maximum Gasteiger partial charge on any atom is 0.117 e. The molecule has 7 heteroatoms. The van der Waals surface area contributed by atoms with Crippen molar-refractivity contribution in [3.63, 3.8) is 0 Å². The van der Waals surface area contributed by atoms with Crippen LogP contribution in [-0.2, 0) is 19.6 Å². The predicted molar refractivity (Wildman–Crippen MR) is 116 cm³/mol. The Balaban J connectivity index is 1.59. The quantitative estimate of drug-likeness (QED) is 0.455. The van der Waals surface area contributed by atoms with Crippen LogP contribution in [0.15, 0.2) is 73.1 Å². The van der Waals surface area contributed by atoms with E-state index < -0.39 is 0 Å². The average Bonchev–Trinajstić information content (AvgIpc) is 3.15. The topological polar surface area (TPSA) is 55.6 Å². The lowest BCUT2D eigenvalue weighted by Crippen LogP contribution is -2.14. The first-order valence-corrected chi connectivity index (χ1v) is 9.98. The molecule has 0 aliphatic carbocycles. The van der Waals surface area contributed by atoms with Gasteiger partial charge in [0.25, 0.3) is 0 Å². The predicted octanol–water partition coefficient (Wildman–Crippen LogP) is 4.99. The summed E-state index contributed by atoms with van der Waals surface area (Å²) in [4.78, 5) is 5.80. The fourth-order valence-electron chi connectivity index (χ4n) is 3.05. The maximum atomic E-state index is 6.32. The Morgan fingerprint density at radius 1 is 0.828 bits per heavy atom. The van der Waals surface area contributed by atoms with Gasteiger partial charge in [-0.15, -0.1) is 0 Å². The SMILES string of the molecule is Clc1cccc(Cl)c1Cn1nc(CNCc2cccnc2)c(-c2ccccc2)n1. The van der Waals surface area contributed by atoms with Crippen LogP contribution >= 0.6 is 23.2 Å². The molecule has 4 rings (SSSR count). The third-order valence-corrected chi connectivity index (χ3v) is 5.19. The zero-order valence-corrected chi connectivity index (χ0v) is 17.1. The van der Waals surface area contributed by atoms with Crippen molar-refractivity contribution in [2.75, 3.05) is 0 Å². The molecular formula is C22H19Cl2N5. The molecule has 5 nitrogen and oxygen atoms in total. The lowest BCUT2D eigenvalue weighted by atomic mass is 10.1. The third kappa shape index (κ3) is 4.82. The number of hydrogen-bond donors (Lipinski definition) is 1. The summed E-state index contributed by atoms with van der Waals surface area (Å²) in [5.74, 6) is 0. The standard InChI is InChI=1S/C22H19Cl2N5/c23-19-9-4-10-20(24)18(19)15-29-27-21(14-26-13-16-6-5-11-25-12-16)22(28-29)17-7-2-1-3-8-17/h1-12,26H,13-15H2. The molecule has 0 bridgehead atoms. The van der Waals surface area contributed by atoms with Gasteiger partial charge < -0.3 is 5.32 Å². The van der Waals surface area contributed by atoms with Crippen molar-refractivity contribution in [3.05, 3.63) is 99.9 Å². The number of halogens is 2. The lowest BCUT2D eigenvalue weighted by Gasteiger charge is -2.05. The van der Waals surface area contributed by atoms with Gasteiger partial charge in [-0.3, -0.25) is 4.98 Å². The van der Waals surface area contributed by atoms with Gasteiger partial charge in [-0.2, -0.15) is 15.0 Å². The highest BCUT2D eigenvalue weighted by molar-refractivity contribution is 6.35. The van der Waals surface area contributed by atoms with Crippen LogP contribution in [-0.4, -0.2) is 20.0 Å². The van der Waals surface area contributed by atoms with E-state index in [1.807, 2.05) is 66.9 Å². The molecule has 0 aliphatic heterocycles. The smallest absolute Gasteiger partial charge is 0.117 e. The summed E-state index contributed by atoms with van der Waals surface area (Å²) >= 11 is 12.6. The summed E-state index contributed by atoms with van der Waals surface area (Å²) in [6.07, 6.45) is 3.61. The summed E-state index contributed by atoms with van der Waals surface area (Å²) < 4.78 is 0. The van der Waals surface area contributed by atoms with Crippen molar-refractivity contribution in [1.29, 1.82) is 0 Å². The van der Waals surface area contributed by atoms with Crippen molar-refractivity contribution >= 4 is 23.2 Å². The highest BCUT2D eigenvalue weighted by Gasteiger charge is 2.15. The number of aromatic nitrogens is 4. The van der Waals surface area contributed by atoms with Crippen LogP contribution in [0.4, 0.5) is 0 Å². The van der Waals surface area contributed by atoms with Gasteiger partial charge in [0.2, 0.25) is 0 Å². The van der Waals surface area contributed by atoms with Gasteiger partial charge in [-0.1, -0.05) is 65.7 Å². The molecule has 0 saturated heterocycles. The van der Waals surface area contributed by atoms with Gasteiger partial charge in [-0.05, 0) is 23.8 Å². The van der Waals surface area contributed by atoms with E-state index >= 15 is 0 Å². The van der Waals surface area contributed by atoms with E-state index in [4.69, 9.17) is 33.4 Å². The minimum absolute atomic E-state index is 0.404. The monoisotopic (exact) mass is 423 g/mol. The second kappa shape index (κ2) is 9.18. The van der Waals surface area contributed by atoms with E-state index in [9.17, 15) is 0 Å². The van der Waals surface area contributed by atoms with Crippen LogP contribution in [0.2, 0.25) is 10.0 Å². The Labute approximate surface area is 179 Å². The molecule has 29 heavy (non-hydrogen) atoms. The van der Waals surface area contributed by atoms with Crippen LogP contribution in [0.25, 0.3) is 11.3 Å². The van der Waals surface area contributed by atoms with Gasteiger partial charge in [0.15, 0.2) is 0 Å². The summed E-state index contributed by atoms with van der Waals surface area (Å²) in [6.45, 7) is 1.68. The molecule has 146 valence electrons. The van der Waals surface area contributed by atoms with E-state index in [-0.39, 0.29) is 0 Å². The molecule has 2 heterocycles. The molecule has 0 spiro atoms. The van der Waals surface area contributed by atoms with Gasteiger partial charge in [0.05, 0.1) is 6.54 Å². The van der Waals surface area contributed by atoms with Crippen LogP contribution in [0.1, 0.15) is 16.8 Å². The molecule has 0 atom stereocenters. The molecular weight excluding hydrogens is 405 g/mol. The van der Waals surface area contributed by atoms with E-state index in [1.54, 1.807) is 11.0 Å². The second-order valence-corrected chi connectivity index (χ2v) is 7.37. The summed E-state index contributed by atoms with van der Waals surface area (Å²) in [6, 6.07) is 19.5. The van der Waals surface area contributed by atoms with Gasteiger partial charge in [-0.25, -0.2) is 0 Å². The van der Waals surface area contributed by atoms with Crippen LogP contribution < -0.4 is 5.32 Å². The molecule has 0 amide bonds. The van der Waals surface area contributed by atoms with Crippen molar-refractivity contribution < 1.29 is 0 Å². The largest absolute Gasteiger partial charge is 0.307 e. The first-order chi connectivity index (χ1) is 14.2. The fourth-order valence-corrected chi connectivity index (χ4v) is 3.56. The van der Waals surface area contributed by atoms with E-state index in [1.165, 1.54) is 0 Å². The third-order valence-electron chi connectivity index (χ3n) is 4.48. The summed E-state index contributed by atoms with van der Waals surface area (Å²) in [5.41, 5.74) is 4.64. The summed E-state index contributed by atoms with van der Waals surface area (Å²) in [7, 11) is 0. The van der Waals surface area contributed by atoms with Crippen LogP contribution in [0.5, 0.6) is 0 Å². The maximum absolute atomic E-state index is 6.32. The molecule has 0 saturated carbocycles. The Kier molecular flexibility index (Phi) is 6.20. The van der Waals surface area contributed by atoms with Crippen molar-refractivity contribution in [3.8, 4) is 11.3 Å². The highest BCUT2D eigenvalue weighted by Crippen LogP contribution is 2.26. The van der Waals surface area contributed by atoms with Gasteiger partial charge >= 0.3 is 0 Å². The van der Waals surface area contributed by atoms with E-state index in [0.29, 0.717) is 29.7 Å². The second-order valence-electron chi connectivity index (χ2n) is 6.56. The Morgan fingerprint density at radius 3 is 2.34 bits per heavy atom. The number of pyridine rings is 1. The minimum atomic E-state index is 0.404. The molecule has 4 aromatic rings. The number of hydrogen-bond acceptors (Lipinski definition) is 4. The van der Waals surface area contributed by atoms with Gasteiger partial charge in [0.1, 0.15) is 11.4 Å². The zero-order chi connectivity index (χ0) is 20.1. The molecule has 0 aliphatic rings. The first-order valence-electron chi connectivity index (χ1n) is 9.22. The van der Waals surface area contributed by atoms with E-state index in [0.717, 1.165) is 28.1 Å². The number of benzene rings is 2. The number of nitrogens with one attached hydrogen (secondary N) is 1. The molecule has 1 N–H and O–H groups in total. The number of rotatable bonds is 7. The van der Waals surface area contributed by atoms with Crippen LogP contribution in [0.3, 0.4) is 0 Å². The highest BCUT2D eigenvalue weighted by atomic mass is 35.5. The summed E-state index contributed by atoms with van der Waals surface area (Å²) in [5, 5.41) is 14.1. The minimum Gasteiger partial charge on any atom is -0.307 e. The fraction of sp³-hybridized carbons (Fsp3) is 0.136. The molecule has 0 unspecified atom stereocenters. The molecule has 0 fully saturated rings. The normalized spacial score (nSPS) is 11.0. The average molecular weight is 424 g/mol. The Morgan fingerprint density at radius 2 is 1.62 bits per heavy atom. The van der Waals surface area contributed by atoms with E-state index in [2.05, 4.69) is 10.3 Å². The van der Waals surface area contributed by atoms with Crippen LogP contribution in [0, 0.1) is 0 Å².